The van der Waals surface area contributed by atoms with E-state index in [9.17, 15) is 0 Å². The van der Waals surface area contributed by atoms with Crippen molar-refractivity contribution in [3.8, 4) is 0 Å². The molecule has 0 heterocycles. The summed E-state index contributed by atoms with van der Waals surface area (Å²) in [5, 5.41) is 0. The lowest BCUT2D eigenvalue weighted by Gasteiger charge is -2.38. The fraction of sp³-hybridized carbons (Fsp3) is 0.226. The molecule has 32 heavy (non-hydrogen) atoms. The number of rotatable bonds is 7. The molecule has 0 aliphatic heterocycles. The molecule has 0 aromatic heterocycles. The summed E-state index contributed by atoms with van der Waals surface area (Å²) in [4.78, 5) is 2.47. The molecular weight excluding hydrogens is 386 g/mol. The van der Waals surface area contributed by atoms with Crippen LogP contribution in [0.2, 0.25) is 0 Å². The molecule has 0 radical (unpaired) electrons. The molecule has 4 rings (SSSR count). The Morgan fingerprint density at radius 2 is 0.750 bits per heavy atom. The summed E-state index contributed by atoms with van der Waals surface area (Å²) in [6.45, 7) is 9.04. The zero-order chi connectivity index (χ0) is 22.6. The van der Waals surface area contributed by atoms with E-state index in [1.807, 2.05) is 0 Å². The third-order valence-corrected chi connectivity index (χ3v) is 6.33. The van der Waals surface area contributed by atoms with E-state index < -0.39 is 0 Å². The van der Waals surface area contributed by atoms with Gasteiger partial charge in [-0.2, -0.15) is 0 Å². The molecule has 0 bridgehead atoms. The number of hydrogen-bond donors (Lipinski definition) is 0. The average molecular weight is 420 g/mol. The highest BCUT2D eigenvalue weighted by Crippen LogP contribution is 2.45. The largest absolute Gasteiger partial charge is 0.367 e. The highest BCUT2D eigenvalue weighted by atomic mass is 15.2. The summed E-state index contributed by atoms with van der Waals surface area (Å²) in [6.07, 6.45) is 0. The van der Waals surface area contributed by atoms with Crippen molar-refractivity contribution < 1.29 is 0 Å². The fourth-order valence-corrected chi connectivity index (χ4v) is 5.14. The van der Waals surface area contributed by atoms with E-state index >= 15 is 0 Å². The molecule has 1 nitrogen and oxygen atoms in total. The third kappa shape index (κ3) is 3.96. The minimum Gasteiger partial charge on any atom is -0.367 e. The molecule has 1 heteroatoms. The molecule has 0 saturated carbocycles. The Hall–Kier alpha value is -3.32. The van der Waals surface area contributed by atoms with E-state index in [2.05, 4.69) is 148 Å². The van der Waals surface area contributed by atoms with Crippen molar-refractivity contribution in [2.24, 2.45) is 0 Å². The molecular formula is C31H33N. The molecule has 4 aromatic carbocycles. The quantitative estimate of drug-likeness (QED) is 0.277. The predicted octanol–water partition coefficient (Wildman–Crippen LogP) is 7.69. The standard InChI is InChI=1S/C31H33N/c1-24(2)32(25(3)4)30-22-20-29(21-23-30)31(26-14-8-5-9-15-26,27-16-10-6-11-17-27)28-18-12-7-13-19-28/h5-25H,1-4H3. The van der Waals surface area contributed by atoms with Gasteiger partial charge in [-0.3, -0.25) is 0 Å². The van der Waals surface area contributed by atoms with Gasteiger partial charge in [0.15, 0.2) is 0 Å². The SMILES string of the molecule is CC(C)N(c1ccc(C(c2ccccc2)(c2ccccc2)c2ccccc2)cc1)C(C)C. The van der Waals surface area contributed by atoms with Gasteiger partial charge in [0.2, 0.25) is 0 Å². The molecule has 0 aliphatic rings. The van der Waals surface area contributed by atoms with Crippen molar-refractivity contribution in [3.05, 3.63) is 138 Å². The summed E-state index contributed by atoms with van der Waals surface area (Å²) >= 11 is 0. The summed E-state index contributed by atoms with van der Waals surface area (Å²) in [5.74, 6) is 0. The van der Waals surface area contributed by atoms with Gasteiger partial charge in [0, 0.05) is 17.8 Å². The highest BCUT2D eigenvalue weighted by molar-refractivity contribution is 5.61. The maximum Gasteiger partial charge on any atom is 0.0701 e. The Bertz CT molecular complexity index is 993. The summed E-state index contributed by atoms with van der Waals surface area (Å²) in [5.41, 5.74) is 5.97. The van der Waals surface area contributed by atoms with Crippen LogP contribution < -0.4 is 4.90 Å². The van der Waals surface area contributed by atoms with Crippen molar-refractivity contribution in [1.82, 2.24) is 0 Å². The number of nitrogens with zero attached hydrogens (tertiary/aromatic N) is 1. The van der Waals surface area contributed by atoms with Gasteiger partial charge in [0.05, 0.1) is 5.41 Å². The smallest absolute Gasteiger partial charge is 0.0701 e. The molecule has 0 aliphatic carbocycles. The normalized spacial score (nSPS) is 11.7. The Morgan fingerprint density at radius 1 is 0.438 bits per heavy atom. The first-order valence-corrected chi connectivity index (χ1v) is 11.6. The molecule has 0 spiro atoms. The maximum absolute atomic E-state index is 2.47. The molecule has 0 N–H and O–H groups in total. The van der Waals surface area contributed by atoms with Crippen LogP contribution in [0, 0.1) is 0 Å². The number of anilines is 1. The molecule has 0 saturated heterocycles. The minimum absolute atomic E-state index is 0.386. The fourth-order valence-electron chi connectivity index (χ4n) is 5.14. The second kappa shape index (κ2) is 9.44. The van der Waals surface area contributed by atoms with Gasteiger partial charge in [-0.15, -0.1) is 0 Å². The van der Waals surface area contributed by atoms with Crippen LogP contribution in [0.25, 0.3) is 0 Å². The summed E-state index contributed by atoms with van der Waals surface area (Å²) in [6, 6.07) is 42.8. The zero-order valence-corrected chi connectivity index (χ0v) is 19.6. The molecule has 0 fully saturated rings. The minimum atomic E-state index is -0.386. The Balaban J connectivity index is 1.98. The van der Waals surface area contributed by atoms with Crippen LogP contribution in [0.4, 0.5) is 5.69 Å². The number of hydrogen-bond acceptors (Lipinski definition) is 1. The first-order chi connectivity index (χ1) is 15.5. The van der Waals surface area contributed by atoms with E-state index in [4.69, 9.17) is 0 Å². The van der Waals surface area contributed by atoms with Crippen LogP contribution in [0.15, 0.2) is 115 Å². The van der Waals surface area contributed by atoms with Crippen LogP contribution in [0.3, 0.4) is 0 Å². The lowest BCUT2D eigenvalue weighted by molar-refractivity contribution is 0.607. The van der Waals surface area contributed by atoms with Crippen LogP contribution >= 0.6 is 0 Å². The maximum atomic E-state index is 2.47. The van der Waals surface area contributed by atoms with E-state index in [1.165, 1.54) is 27.9 Å². The van der Waals surface area contributed by atoms with Crippen LogP contribution in [-0.4, -0.2) is 12.1 Å². The molecule has 0 amide bonds. The van der Waals surface area contributed by atoms with Crippen molar-refractivity contribution in [2.45, 2.75) is 45.2 Å². The zero-order valence-electron chi connectivity index (χ0n) is 19.6. The highest BCUT2D eigenvalue weighted by Gasteiger charge is 2.38. The van der Waals surface area contributed by atoms with Crippen LogP contribution in [0.5, 0.6) is 0 Å². The second-order valence-electron chi connectivity index (χ2n) is 8.99. The van der Waals surface area contributed by atoms with Gasteiger partial charge in [0.1, 0.15) is 0 Å². The van der Waals surface area contributed by atoms with Crippen molar-refractivity contribution in [3.63, 3.8) is 0 Å². The monoisotopic (exact) mass is 419 g/mol. The number of benzene rings is 4. The van der Waals surface area contributed by atoms with Gasteiger partial charge in [-0.05, 0) is 62.1 Å². The van der Waals surface area contributed by atoms with E-state index in [0.717, 1.165) is 0 Å². The second-order valence-corrected chi connectivity index (χ2v) is 8.99. The molecule has 0 atom stereocenters. The van der Waals surface area contributed by atoms with E-state index in [0.29, 0.717) is 12.1 Å². The van der Waals surface area contributed by atoms with Crippen LogP contribution in [0.1, 0.15) is 49.9 Å². The van der Waals surface area contributed by atoms with Gasteiger partial charge in [-0.1, -0.05) is 103 Å². The van der Waals surface area contributed by atoms with Crippen molar-refractivity contribution >= 4 is 5.69 Å². The predicted molar refractivity (Wildman–Crippen MR) is 138 cm³/mol. The summed E-state index contributed by atoms with van der Waals surface area (Å²) in [7, 11) is 0. The first-order valence-electron chi connectivity index (χ1n) is 11.6. The average Bonchev–Trinajstić information content (AvgIpc) is 2.82. The van der Waals surface area contributed by atoms with Crippen molar-refractivity contribution in [1.29, 1.82) is 0 Å². The Labute approximate surface area is 193 Å². The summed E-state index contributed by atoms with van der Waals surface area (Å²) < 4.78 is 0. The topological polar surface area (TPSA) is 3.24 Å². The van der Waals surface area contributed by atoms with Gasteiger partial charge >= 0.3 is 0 Å². The van der Waals surface area contributed by atoms with Gasteiger partial charge in [-0.25, -0.2) is 0 Å². The van der Waals surface area contributed by atoms with E-state index in [1.54, 1.807) is 0 Å². The Morgan fingerprint density at radius 3 is 1.06 bits per heavy atom. The Kier molecular flexibility index (Phi) is 6.46. The van der Waals surface area contributed by atoms with Crippen LogP contribution in [-0.2, 0) is 5.41 Å². The van der Waals surface area contributed by atoms with Gasteiger partial charge in [0.25, 0.3) is 0 Å². The third-order valence-electron chi connectivity index (χ3n) is 6.33. The molecule has 4 aromatic rings. The van der Waals surface area contributed by atoms with E-state index in [-0.39, 0.29) is 5.41 Å². The first kappa shape index (κ1) is 21.9. The van der Waals surface area contributed by atoms with Crippen molar-refractivity contribution in [2.75, 3.05) is 4.90 Å². The lowest BCUT2D eigenvalue weighted by atomic mass is 9.65. The van der Waals surface area contributed by atoms with Gasteiger partial charge < -0.3 is 4.90 Å². The molecule has 0 unspecified atom stereocenters. The lowest BCUT2D eigenvalue weighted by Crippen LogP contribution is -2.37. The molecule has 162 valence electrons.